The molecule has 0 saturated heterocycles. The SMILES string of the molecule is CCCNc1nc(Nc2cccc(F)c2C)nc(OC)n1. The molecule has 2 aromatic rings. The van der Waals surface area contributed by atoms with Crippen LogP contribution < -0.4 is 15.4 Å². The second-order valence-corrected chi connectivity index (χ2v) is 4.43. The summed E-state index contributed by atoms with van der Waals surface area (Å²) in [7, 11) is 1.48. The molecule has 1 aromatic carbocycles. The minimum atomic E-state index is -0.287. The summed E-state index contributed by atoms with van der Waals surface area (Å²) in [6.45, 7) is 4.47. The Morgan fingerprint density at radius 2 is 1.95 bits per heavy atom. The van der Waals surface area contributed by atoms with Crippen LogP contribution in [0.1, 0.15) is 18.9 Å². The Labute approximate surface area is 122 Å². The molecule has 0 amide bonds. The molecule has 1 aromatic heterocycles. The highest BCUT2D eigenvalue weighted by Crippen LogP contribution is 2.21. The fraction of sp³-hybridized carbons (Fsp3) is 0.357. The number of hydrogen-bond donors (Lipinski definition) is 2. The van der Waals surface area contributed by atoms with Crippen molar-refractivity contribution >= 4 is 17.6 Å². The summed E-state index contributed by atoms with van der Waals surface area (Å²) >= 11 is 0. The van der Waals surface area contributed by atoms with Gasteiger partial charge in [0.25, 0.3) is 0 Å². The Morgan fingerprint density at radius 3 is 2.67 bits per heavy atom. The van der Waals surface area contributed by atoms with E-state index < -0.39 is 0 Å². The van der Waals surface area contributed by atoms with E-state index in [-0.39, 0.29) is 11.8 Å². The van der Waals surface area contributed by atoms with Gasteiger partial charge in [-0.2, -0.15) is 15.0 Å². The lowest BCUT2D eigenvalue weighted by molar-refractivity contribution is 0.379. The maximum absolute atomic E-state index is 13.5. The Kier molecular flexibility index (Phi) is 4.86. The summed E-state index contributed by atoms with van der Waals surface area (Å²) in [6.07, 6.45) is 0.944. The van der Waals surface area contributed by atoms with Gasteiger partial charge in [0.1, 0.15) is 5.82 Å². The van der Waals surface area contributed by atoms with Crippen LogP contribution in [0.2, 0.25) is 0 Å². The number of methoxy groups -OCH3 is 1. The van der Waals surface area contributed by atoms with Crippen LogP contribution in [0.4, 0.5) is 22.0 Å². The monoisotopic (exact) mass is 291 g/mol. The zero-order valence-corrected chi connectivity index (χ0v) is 12.3. The Hall–Kier alpha value is -2.44. The second kappa shape index (κ2) is 6.83. The predicted molar refractivity (Wildman–Crippen MR) is 79.6 cm³/mol. The third-order valence-electron chi connectivity index (χ3n) is 2.84. The van der Waals surface area contributed by atoms with Crippen molar-refractivity contribution in [2.24, 2.45) is 0 Å². The molecule has 0 fully saturated rings. The lowest BCUT2D eigenvalue weighted by Gasteiger charge is -2.11. The fourth-order valence-electron chi connectivity index (χ4n) is 1.68. The molecule has 0 spiro atoms. The van der Waals surface area contributed by atoms with Crippen LogP contribution >= 0.6 is 0 Å². The number of halogens is 1. The van der Waals surface area contributed by atoms with E-state index in [1.54, 1.807) is 19.1 Å². The Bertz CT molecular complexity index is 620. The second-order valence-electron chi connectivity index (χ2n) is 4.43. The average Bonchev–Trinajstić information content (AvgIpc) is 2.49. The molecule has 0 bridgehead atoms. The number of hydrogen-bond acceptors (Lipinski definition) is 6. The molecule has 7 heteroatoms. The van der Waals surface area contributed by atoms with Gasteiger partial charge in [0, 0.05) is 17.8 Å². The van der Waals surface area contributed by atoms with Gasteiger partial charge in [-0.1, -0.05) is 13.0 Å². The first-order valence-electron chi connectivity index (χ1n) is 6.70. The molecule has 1 heterocycles. The van der Waals surface area contributed by atoms with Gasteiger partial charge in [-0.25, -0.2) is 4.39 Å². The zero-order valence-electron chi connectivity index (χ0n) is 12.3. The van der Waals surface area contributed by atoms with Crippen LogP contribution in [0.3, 0.4) is 0 Å². The standard InChI is InChI=1S/C14H18FN5O/c1-4-8-16-12-18-13(20-14(19-12)21-3)17-11-7-5-6-10(15)9(11)2/h5-7H,4,8H2,1-3H3,(H2,16,17,18,19,20). The van der Waals surface area contributed by atoms with Crippen LogP contribution in [0.25, 0.3) is 0 Å². The number of benzene rings is 1. The van der Waals surface area contributed by atoms with E-state index in [4.69, 9.17) is 4.74 Å². The third kappa shape index (κ3) is 3.77. The summed E-state index contributed by atoms with van der Waals surface area (Å²) in [6, 6.07) is 4.98. The van der Waals surface area contributed by atoms with Gasteiger partial charge in [-0.3, -0.25) is 0 Å². The van der Waals surface area contributed by atoms with Crippen molar-refractivity contribution in [3.05, 3.63) is 29.6 Å². The van der Waals surface area contributed by atoms with Crippen molar-refractivity contribution < 1.29 is 9.13 Å². The molecule has 0 unspecified atom stereocenters. The smallest absolute Gasteiger partial charge is 0.322 e. The van der Waals surface area contributed by atoms with E-state index in [2.05, 4.69) is 25.6 Å². The number of rotatable bonds is 6. The van der Waals surface area contributed by atoms with Crippen LogP contribution in [-0.2, 0) is 0 Å². The third-order valence-corrected chi connectivity index (χ3v) is 2.84. The predicted octanol–water partition coefficient (Wildman–Crippen LogP) is 2.89. The minimum Gasteiger partial charge on any atom is -0.467 e. The number of nitrogens with one attached hydrogen (secondary N) is 2. The molecule has 0 aliphatic heterocycles. The summed E-state index contributed by atoms with van der Waals surface area (Å²) < 4.78 is 18.6. The quantitative estimate of drug-likeness (QED) is 0.852. The normalized spacial score (nSPS) is 10.3. The molecule has 0 aliphatic rings. The molecule has 2 N–H and O–H groups in total. The summed E-state index contributed by atoms with van der Waals surface area (Å²) in [5.74, 6) is 0.430. The van der Waals surface area contributed by atoms with E-state index in [0.29, 0.717) is 23.1 Å². The molecule has 0 saturated carbocycles. The summed E-state index contributed by atoms with van der Waals surface area (Å²) in [4.78, 5) is 12.4. The number of aromatic nitrogens is 3. The first-order chi connectivity index (χ1) is 10.1. The molecule has 0 atom stereocenters. The molecule has 0 radical (unpaired) electrons. The molecule has 21 heavy (non-hydrogen) atoms. The van der Waals surface area contributed by atoms with Gasteiger partial charge in [-0.15, -0.1) is 0 Å². The van der Waals surface area contributed by atoms with Crippen molar-refractivity contribution in [1.82, 2.24) is 15.0 Å². The maximum atomic E-state index is 13.5. The molecule has 0 aliphatic carbocycles. The van der Waals surface area contributed by atoms with Crippen molar-refractivity contribution in [1.29, 1.82) is 0 Å². The van der Waals surface area contributed by atoms with Crippen molar-refractivity contribution in [2.75, 3.05) is 24.3 Å². The highest BCUT2D eigenvalue weighted by atomic mass is 19.1. The molecular weight excluding hydrogens is 273 g/mol. The zero-order chi connectivity index (χ0) is 15.2. The first kappa shape index (κ1) is 15.0. The van der Waals surface area contributed by atoms with Gasteiger partial charge in [0.05, 0.1) is 7.11 Å². The van der Waals surface area contributed by atoms with E-state index in [1.807, 2.05) is 6.92 Å². The highest BCUT2D eigenvalue weighted by molar-refractivity contribution is 5.59. The molecule has 112 valence electrons. The van der Waals surface area contributed by atoms with Crippen molar-refractivity contribution in [3.63, 3.8) is 0 Å². The van der Waals surface area contributed by atoms with Crippen molar-refractivity contribution in [3.8, 4) is 6.01 Å². The number of ether oxygens (including phenoxy) is 1. The fourth-order valence-corrected chi connectivity index (χ4v) is 1.68. The first-order valence-corrected chi connectivity index (χ1v) is 6.70. The number of nitrogens with zero attached hydrogens (tertiary/aromatic N) is 3. The van der Waals surface area contributed by atoms with E-state index >= 15 is 0 Å². The van der Waals surface area contributed by atoms with E-state index in [0.717, 1.165) is 13.0 Å². The number of anilines is 3. The maximum Gasteiger partial charge on any atom is 0.322 e. The molecular formula is C14H18FN5O. The molecule has 6 nitrogen and oxygen atoms in total. The lowest BCUT2D eigenvalue weighted by Crippen LogP contribution is -2.09. The van der Waals surface area contributed by atoms with Crippen LogP contribution in [0.5, 0.6) is 6.01 Å². The van der Waals surface area contributed by atoms with Gasteiger partial charge >= 0.3 is 6.01 Å². The van der Waals surface area contributed by atoms with E-state index in [1.165, 1.54) is 13.2 Å². The lowest BCUT2D eigenvalue weighted by atomic mass is 10.2. The topological polar surface area (TPSA) is 72.0 Å². The van der Waals surface area contributed by atoms with Gasteiger partial charge in [0.2, 0.25) is 11.9 Å². The van der Waals surface area contributed by atoms with Crippen molar-refractivity contribution in [2.45, 2.75) is 20.3 Å². The van der Waals surface area contributed by atoms with Gasteiger partial charge in [-0.05, 0) is 25.5 Å². The van der Waals surface area contributed by atoms with Gasteiger partial charge in [0.15, 0.2) is 0 Å². The average molecular weight is 291 g/mol. The van der Waals surface area contributed by atoms with E-state index in [9.17, 15) is 4.39 Å². The largest absolute Gasteiger partial charge is 0.467 e. The Morgan fingerprint density at radius 1 is 1.19 bits per heavy atom. The van der Waals surface area contributed by atoms with Crippen LogP contribution in [-0.4, -0.2) is 28.6 Å². The van der Waals surface area contributed by atoms with Crippen LogP contribution in [0.15, 0.2) is 18.2 Å². The molecule has 2 rings (SSSR count). The Balaban J connectivity index is 2.28. The minimum absolute atomic E-state index is 0.195. The van der Waals surface area contributed by atoms with Crippen LogP contribution in [0, 0.1) is 12.7 Å². The highest BCUT2D eigenvalue weighted by Gasteiger charge is 2.09. The van der Waals surface area contributed by atoms with Gasteiger partial charge < -0.3 is 15.4 Å². The summed E-state index contributed by atoms with van der Waals surface area (Å²) in [5, 5.41) is 6.05. The summed E-state index contributed by atoms with van der Waals surface area (Å²) in [5.41, 5.74) is 1.10.